The van der Waals surface area contributed by atoms with Gasteiger partial charge in [0, 0.05) is 35.3 Å². The van der Waals surface area contributed by atoms with Crippen LogP contribution in [0.2, 0.25) is 0 Å². The molecule has 4 aromatic carbocycles. The van der Waals surface area contributed by atoms with Gasteiger partial charge in [0.05, 0.1) is 18.8 Å². The number of hydrogen-bond acceptors (Lipinski definition) is 5. The smallest absolute Gasteiger partial charge is 0.336 e. The normalized spacial score (nSPS) is 14.1. The van der Waals surface area contributed by atoms with Crippen LogP contribution in [0.15, 0.2) is 109 Å². The van der Waals surface area contributed by atoms with Gasteiger partial charge >= 0.3 is 5.97 Å². The number of carboxylic acids is 1. The van der Waals surface area contributed by atoms with Crippen LogP contribution in [0.25, 0.3) is 16.3 Å². The first-order valence-corrected chi connectivity index (χ1v) is 12.3. The summed E-state index contributed by atoms with van der Waals surface area (Å²) in [7, 11) is 0. The van der Waals surface area contributed by atoms with E-state index in [1.165, 1.54) is 22.7 Å². The lowest BCUT2D eigenvalue weighted by Crippen LogP contribution is -2.30. The highest BCUT2D eigenvalue weighted by Gasteiger charge is 2.13. The number of nitrogens with zero attached hydrogens (tertiary/aromatic N) is 1. The predicted molar refractivity (Wildman–Crippen MR) is 146 cm³/mol. The van der Waals surface area contributed by atoms with Crippen LogP contribution >= 0.6 is 11.9 Å². The summed E-state index contributed by atoms with van der Waals surface area (Å²) < 4.78 is 7.35. The zero-order chi connectivity index (χ0) is 24.3. The average Bonchev–Trinajstić information content (AvgIpc) is 2.91. The van der Waals surface area contributed by atoms with Gasteiger partial charge in [-0.2, -0.15) is 0 Å². The molecule has 1 heterocycles. The van der Waals surface area contributed by atoms with Crippen LogP contribution in [-0.2, 0) is 9.53 Å². The van der Waals surface area contributed by atoms with E-state index in [0.717, 1.165) is 30.0 Å². The molecule has 0 saturated carbocycles. The minimum atomic E-state index is -0.901. The van der Waals surface area contributed by atoms with E-state index in [4.69, 9.17) is 4.74 Å². The zero-order valence-corrected chi connectivity index (χ0v) is 20.2. The van der Waals surface area contributed by atoms with Crippen molar-refractivity contribution in [3.63, 3.8) is 0 Å². The average molecular weight is 485 g/mol. The number of nitrogens with one attached hydrogen (secondary N) is 1. The molecule has 1 aliphatic heterocycles. The Hall–Kier alpha value is -3.58. The lowest BCUT2D eigenvalue weighted by atomic mass is 10.1. The van der Waals surface area contributed by atoms with Gasteiger partial charge < -0.3 is 15.2 Å². The van der Waals surface area contributed by atoms with Gasteiger partial charge in [0.2, 0.25) is 0 Å². The number of aliphatic carboxylic acids is 1. The standard InChI is InChI=1S/C16H13N.C13H15NO3S/c1-2-9-14(10-3-1)17-16-12-6-8-13-7-4-5-11-15(13)16;15-13(16)12(11-4-2-1-3-5-11)10-18-14-6-8-17-9-7-14/h1-12,17H;1-5,10H,6-9H2,(H,15,16)/b;12-10-. The Balaban J connectivity index is 0.000000165. The van der Waals surface area contributed by atoms with Gasteiger partial charge in [0.25, 0.3) is 0 Å². The summed E-state index contributed by atoms with van der Waals surface area (Å²) in [5.74, 6) is -0.901. The van der Waals surface area contributed by atoms with E-state index in [1.807, 2.05) is 36.4 Å². The molecule has 4 aromatic rings. The van der Waals surface area contributed by atoms with Crippen LogP contribution in [0.5, 0.6) is 0 Å². The first-order chi connectivity index (χ1) is 17.2. The summed E-state index contributed by atoms with van der Waals surface area (Å²) in [4.78, 5) is 11.2. The molecule has 0 aliphatic carbocycles. The third-order valence-corrected chi connectivity index (χ3v) is 6.45. The molecule has 0 amide bonds. The van der Waals surface area contributed by atoms with Gasteiger partial charge in [0.1, 0.15) is 0 Å². The van der Waals surface area contributed by atoms with Gasteiger partial charge in [-0.15, -0.1) is 0 Å². The van der Waals surface area contributed by atoms with E-state index in [9.17, 15) is 9.90 Å². The number of fused-ring (bicyclic) bond motifs is 1. The van der Waals surface area contributed by atoms with Crippen molar-refractivity contribution in [2.45, 2.75) is 0 Å². The summed E-state index contributed by atoms with van der Waals surface area (Å²) >= 11 is 1.44. The van der Waals surface area contributed by atoms with Crippen LogP contribution in [0.3, 0.4) is 0 Å². The molecule has 2 N–H and O–H groups in total. The van der Waals surface area contributed by atoms with E-state index in [-0.39, 0.29) is 0 Å². The molecule has 5 rings (SSSR count). The van der Waals surface area contributed by atoms with Crippen molar-refractivity contribution in [3.05, 3.63) is 114 Å². The Bertz CT molecular complexity index is 1250. The number of rotatable bonds is 6. The molecule has 0 spiro atoms. The number of anilines is 2. The van der Waals surface area contributed by atoms with Gasteiger partial charge in [-0.25, -0.2) is 9.10 Å². The molecular formula is C29H28N2O3S. The van der Waals surface area contributed by atoms with E-state index < -0.39 is 5.97 Å². The minimum absolute atomic E-state index is 0.326. The molecule has 1 aliphatic rings. The highest BCUT2D eigenvalue weighted by atomic mass is 32.2. The van der Waals surface area contributed by atoms with Crippen molar-refractivity contribution in [2.75, 3.05) is 31.6 Å². The molecule has 0 bridgehead atoms. The van der Waals surface area contributed by atoms with Crippen molar-refractivity contribution in [3.8, 4) is 0 Å². The van der Waals surface area contributed by atoms with Crippen molar-refractivity contribution in [1.29, 1.82) is 0 Å². The molecule has 5 nitrogen and oxygen atoms in total. The number of carboxylic acid groups (broad SMARTS) is 1. The molecule has 6 heteroatoms. The molecule has 0 radical (unpaired) electrons. The fourth-order valence-electron chi connectivity index (χ4n) is 3.65. The quantitative estimate of drug-likeness (QED) is 0.235. The second-order valence-electron chi connectivity index (χ2n) is 7.87. The van der Waals surface area contributed by atoms with Crippen molar-refractivity contribution in [1.82, 2.24) is 4.31 Å². The van der Waals surface area contributed by atoms with E-state index >= 15 is 0 Å². The fraction of sp³-hybridized carbons (Fsp3) is 0.138. The third-order valence-electron chi connectivity index (χ3n) is 5.45. The zero-order valence-electron chi connectivity index (χ0n) is 19.3. The van der Waals surface area contributed by atoms with E-state index in [0.29, 0.717) is 18.8 Å². The molecule has 1 saturated heterocycles. The monoisotopic (exact) mass is 484 g/mol. The number of morpholine rings is 1. The fourth-order valence-corrected chi connectivity index (χ4v) is 4.50. The summed E-state index contributed by atoms with van der Waals surface area (Å²) in [5.41, 5.74) is 3.32. The van der Waals surface area contributed by atoms with Crippen LogP contribution in [-0.4, -0.2) is 41.7 Å². The summed E-state index contributed by atoms with van der Waals surface area (Å²) in [6, 6.07) is 34.1. The van der Waals surface area contributed by atoms with Crippen LogP contribution < -0.4 is 5.32 Å². The lowest BCUT2D eigenvalue weighted by Gasteiger charge is -2.24. The number of carbonyl (C=O) groups is 1. The Morgan fingerprint density at radius 2 is 1.46 bits per heavy atom. The number of benzene rings is 4. The minimum Gasteiger partial charge on any atom is -0.478 e. The van der Waals surface area contributed by atoms with E-state index in [2.05, 4.69) is 64.2 Å². The first kappa shape index (κ1) is 24.5. The molecule has 35 heavy (non-hydrogen) atoms. The number of hydrogen-bond donors (Lipinski definition) is 2. The lowest BCUT2D eigenvalue weighted by molar-refractivity contribution is -0.130. The Morgan fingerprint density at radius 1 is 0.829 bits per heavy atom. The predicted octanol–water partition coefficient (Wildman–Crippen LogP) is 6.68. The summed E-state index contributed by atoms with van der Waals surface area (Å²) in [6.07, 6.45) is 0. The highest BCUT2D eigenvalue weighted by molar-refractivity contribution is 8.00. The molecule has 0 atom stereocenters. The van der Waals surface area contributed by atoms with Crippen molar-refractivity contribution < 1.29 is 14.6 Å². The molecule has 1 fully saturated rings. The molecule has 0 unspecified atom stereocenters. The first-order valence-electron chi connectivity index (χ1n) is 11.5. The maximum absolute atomic E-state index is 11.2. The van der Waals surface area contributed by atoms with Crippen molar-refractivity contribution >= 4 is 45.6 Å². The molecule has 178 valence electrons. The van der Waals surface area contributed by atoms with Crippen LogP contribution in [0.1, 0.15) is 5.56 Å². The Labute approximate surface area is 210 Å². The van der Waals surface area contributed by atoms with Crippen LogP contribution in [0.4, 0.5) is 11.4 Å². The van der Waals surface area contributed by atoms with Gasteiger partial charge in [-0.3, -0.25) is 0 Å². The number of para-hydroxylation sites is 1. The summed E-state index contributed by atoms with van der Waals surface area (Å²) in [6.45, 7) is 3.05. The van der Waals surface area contributed by atoms with Gasteiger partial charge in [-0.05, 0) is 41.1 Å². The SMILES string of the molecule is O=C(O)/C(=C\SN1CCOCC1)c1ccccc1.c1ccc(Nc2cccc3ccccc23)cc1. The topological polar surface area (TPSA) is 61.8 Å². The molecule has 0 aromatic heterocycles. The highest BCUT2D eigenvalue weighted by Crippen LogP contribution is 2.26. The summed E-state index contributed by atoms with van der Waals surface area (Å²) in [5, 5.41) is 16.9. The third kappa shape index (κ3) is 7.20. The van der Waals surface area contributed by atoms with E-state index in [1.54, 1.807) is 17.5 Å². The maximum Gasteiger partial charge on any atom is 0.336 e. The van der Waals surface area contributed by atoms with Crippen molar-refractivity contribution in [2.24, 2.45) is 0 Å². The largest absolute Gasteiger partial charge is 0.478 e. The van der Waals surface area contributed by atoms with Crippen LogP contribution in [0, 0.1) is 0 Å². The second-order valence-corrected chi connectivity index (χ2v) is 8.83. The maximum atomic E-state index is 11.2. The van der Waals surface area contributed by atoms with Gasteiger partial charge in [-0.1, -0.05) is 84.9 Å². The second kappa shape index (κ2) is 12.8. The Kier molecular flexibility index (Phi) is 8.95. The number of ether oxygens (including phenoxy) is 1. The Morgan fingerprint density at radius 3 is 2.17 bits per heavy atom. The molecular weight excluding hydrogens is 456 g/mol. The van der Waals surface area contributed by atoms with Gasteiger partial charge in [0.15, 0.2) is 0 Å².